The number of nitrogens with one attached hydrogen (secondary N) is 3. The average molecular weight is 491 g/mol. The van der Waals surface area contributed by atoms with Crippen molar-refractivity contribution in [1.82, 2.24) is 20.9 Å². The number of halogens is 1. The number of hydrogen-bond donors (Lipinski definition) is 3. The van der Waals surface area contributed by atoms with Crippen LogP contribution in [0.2, 0.25) is 0 Å². The Labute approximate surface area is 181 Å². The number of carbonyl (C=O) groups is 1. The fourth-order valence-corrected chi connectivity index (χ4v) is 4.64. The molecule has 0 bridgehead atoms. The zero-order valence-electron chi connectivity index (χ0n) is 17.0. The Hall–Kier alpha value is -0.570. The van der Waals surface area contributed by atoms with Gasteiger partial charge in [-0.25, -0.2) is 0 Å². The Bertz CT molecular complexity index is 487. The molecule has 0 aromatic carbocycles. The van der Waals surface area contributed by atoms with Crippen LogP contribution in [0.15, 0.2) is 4.99 Å². The van der Waals surface area contributed by atoms with E-state index in [-0.39, 0.29) is 29.9 Å². The lowest BCUT2D eigenvalue weighted by atomic mass is 9.85. The lowest BCUT2D eigenvalue weighted by Crippen LogP contribution is -2.50. The van der Waals surface area contributed by atoms with Crippen LogP contribution in [0.3, 0.4) is 0 Å². The predicted octanol–water partition coefficient (Wildman–Crippen LogP) is 2.34. The summed E-state index contributed by atoms with van der Waals surface area (Å²) in [7, 11) is 1.70. The number of hydrogen-bond acceptors (Lipinski definition) is 3. The minimum absolute atomic E-state index is 0. The van der Waals surface area contributed by atoms with Crippen molar-refractivity contribution >= 4 is 35.8 Å². The molecule has 3 N–H and O–H groups in total. The molecule has 0 aromatic rings. The van der Waals surface area contributed by atoms with E-state index < -0.39 is 0 Å². The molecule has 3 fully saturated rings. The monoisotopic (exact) mass is 491 g/mol. The lowest BCUT2D eigenvalue weighted by Gasteiger charge is -2.32. The van der Waals surface area contributed by atoms with E-state index in [4.69, 9.17) is 0 Å². The third-order valence-electron chi connectivity index (χ3n) is 6.31. The SMILES string of the molecule is CCN=C(NC1CCN(CC(=O)NC)CC1)NC1CC1C1CCCCC1.I. The number of likely N-dealkylation sites (N-methyl/N-ethyl adjacent to an activating group) is 1. The number of likely N-dealkylation sites (tertiary alicyclic amines) is 1. The van der Waals surface area contributed by atoms with Crippen LogP contribution >= 0.6 is 24.0 Å². The standard InChI is InChI=1S/C20H37N5O.HI/c1-3-22-20(24-18-13-17(18)15-7-5-4-6-8-15)23-16-9-11-25(12-10-16)14-19(26)21-2;/h15-18H,3-14H2,1-2H3,(H,21,26)(H2,22,23,24);1H. The quantitative estimate of drug-likeness (QED) is 0.303. The van der Waals surface area contributed by atoms with Gasteiger partial charge in [-0.05, 0) is 38.0 Å². The van der Waals surface area contributed by atoms with Gasteiger partial charge in [-0.2, -0.15) is 0 Å². The minimum Gasteiger partial charge on any atom is -0.358 e. The van der Waals surface area contributed by atoms with E-state index in [2.05, 4.69) is 32.8 Å². The molecule has 2 aliphatic carbocycles. The van der Waals surface area contributed by atoms with Crippen LogP contribution in [0.5, 0.6) is 0 Å². The Balaban J connectivity index is 0.00000261. The van der Waals surface area contributed by atoms with Crippen LogP contribution in [0, 0.1) is 11.8 Å². The molecular formula is C20H38IN5O. The molecular weight excluding hydrogens is 453 g/mol. The number of aliphatic imine (C=N–C) groups is 1. The first-order valence-electron chi connectivity index (χ1n) is 10.7. The molecule has 2 saturated carbocycles. The highest BCUT2D eigenvalue weighted by Gasteiger charge is 2.43. The molecule has 0 radical (unpaired) electrons. The minimum atomic E-state index is 0. The summed E-state index contributed by atoms with van der Waals surface area (Å²) in [4.78, 5) is 18.4. The number of piperidine rings is 1. The summed E-state index contributed by atoms with van der Waals surface area (Å²) in [5.41, 5.74) is 0. The number of rotatable bonds is 6. The van der Waals surface area contributed by atoms with Gasteiger partial charge in [0.1, 0.15) is 0 Å². The molecule has 1 heterocycles. The smallest absolute Gasteiger partial charge is 0.233 e. The normalized spacial score (nSPS) is 27.6. The molecule has 7 heteroatoms. The van der Waals surface area contributed by atoms with Crippen LogP contribution < -0.4 is 16.0 Å². The van der Waals surface area contributed by atoms with Crippen molar-refractivity contribution in [3.05, 3.63) is 0 Å². The van der Waals surface area contributed by atoms with Crippen molar-refractivity contribution in [2.45, 2.75) is 70.4 Å². The van der Waals surface area contributed by atoms with E-state index >= 15 is 0 Å². The molecule has 6 nitrogen and oxygen atoms in total. The zero-order chi connectivity index (χ0) is 18.4. The average Bonchev–Trinajstić information content (AvgIpc) is 3.43. The van der Waals surface area contributed by atoms with E-state index in [9.17, 15) is 4.79 Å². The number of guanidine groups is 1. The molecule has 2 unspecified atom stereocenters. The van der Waals surface area contributed by atoms with Crippen molar-refractivity contribution in [3.63, 3.8) is 0 Å². The highest BCUT2D eigenvalue weighted by atomic mass is 127. The van der Waals surface area contributed by atoms with Crippen molar-refractivity contribution in [2.75, 3.05) is 33.2 Å². The summed E-state index contributed by atoms with van der Waals surface area (Å²) in [5, 5.41) is 10.1. The van der Waals surface area contributed by atoms with E-state index in [1.807, 2.05) is 0 Å². The van der Waals surface area contributed by atoms with Crippen molar-refractivity contribution < 1.29 is 4.79 Å². The number of nitrogens with zero attached hydrogens (tertiary/aromatic N) is 2. The molecule has 1 saturated heterocycles. The number of carbonyl (C=O) groups excluding carboxylic acids is 1. The van der Waals surface area contributed by atoms with Crippen LogP contribution in [-0.4, -0.2) is 62.1 Å². The van der Waals surface area contributed by atoms with Gasteiger partial charge in [-0.1, -0.05) is 32.1 Å². The molecule has 2 atom stereocenters. The Morgan fingerprint density at radius 2 is 1.78 bits per heavy atom. The molecule has 1 aliphatic heterocycles. The fraction of sp³-hybridized carbons (Fsp3) is 0.900. The third-order valence-corrected chi connectivity index (χ3v) is 6.31. The molecule has 0 spiro atoms. The molecule has 3 aliphatic rings. The second-order valence-corrected chi connectivity index (χ2v) is 8.24. The van der Waals surface area contributed by atoms with Gasteiger partial charge in [0.15, 0.2) is 5.96 Å². The highest BCUT2D eigenvalue weighted by molar-refractivity contribution is 14.0. The van der Waals surface area contributed by atoms with Crippen LogP contribution in [0.25, 0.3) is 0 Å². The fourth-order valence-electron chi connectivity index (χ4n) is 4.64. The Kier molecular flexibility index (Phi) is 9.62. The predicted molar refractivity (Wildman–Crippen MR) is 122 cm³/mol. The molecule has 27 heavy (non-hydrogen) atoms. The van der Waals surface area contributed by atoms with Crippen LogP contribution in [-0.2, 0) is 4.79 Å². The second kappa shape index (κ2) is 11.4. The summed E-state index contributed by atoms with van der Waals surface area (Å²) in [6, 6.07) is 1.09. The first kappa shape index (κ1) is 22.7. The maximum atomic E-state index is 11.5. The maximum absolute atomic E-state index is 11.5. The topological polar surface area (TPSA) is 68.8 Å². The van der Waals surface area contributed by atoms with Crippen molar-refractivity contribution in [1.29, 1.82) is 0 Å². The van der Waals surface area contributed by atoms with E-state index in [1.54, 1.807) is 7.05 Å². The third kappa shape index (κ3) is 7.07. The van der Waals surface area contributed by atoms with Gasteiger partial charge in [0.05, 0.1) is 6.54 Å². The summed E-state index contributed by atoms with van der Waals surface area (Å²) in [5.74, 6) is 2.92. The van der Waals surface area contributed by atoms with Gasteiger partial charge in [0, 0.05) is 38.8 Å². The van der Waals surface area contributed by atoms with Gasteiger partial charge >= 0.3 is 0 Å². The summed E-state index contributed by atoms with van der Waals surface area (Å²) < 4.78 is 0. The van der Waals surface area contributed by atoms with Gasteiger partial charge in [-0.15, -0.1) is 24.0 Å². The summed E-state index contributed by atoms with van der Waals surface area (Å²) in [6.07, 6.45) is 10.6. The molecule has 3 rings (SSSR count). The van der Waals surface area contributed by atoms with E-state index in [0.29, 0.717) is 18.6 Å². The van der Waals surface area contributed by atoms with Gasteiger partial charge < -0.3 is 16.0 Å². The van der Waals surface area contributed by atoms with Crippen LogP contribution in [0.4, 0.5) is 0 Å². The summed E-state index contributed by atoms with van der Waals surface area (Å²) in [6.45, 7) is 5.37. The maximum Gasteiger partial charge on any atom is 0.233 e. The lowest BCUT2D eigenvalue weighted by molar-refractivity contribution is -0.122. The van der Waals surface area contributed by atoms with Gasteiger partial charge in [0.25, 0.3) is 0 Å². The van der Waals surface area contributed by atoms with Gasteiger partial charge in [-0.3, -0.25) is 14.7 Å². The van der Waals surface area contributed by atoms with E-state index in [0.717, 1.165) is 50.3 Å². The van der Waals surface area contributed by atoms with E-state index in [1.165, 1.54) is 38.5 Å². The Morgan fingerprint density at radius 3 is 2.41 bits per heavy atom. The second-order valence-electron chi connectivity index (χ2n) is 8.24. The first-order valence-corrected chi connectivity index (χ1v) is 10.7. The highest BCUT2D eigenvalue weighted by Crippen LogP contribution is 2.44. The largest absolute Gasteiger partial charge is 0.358 e. The van der Waals surface area contributed by atoms with Crippen molar-refractivity contribution in [2.24, 2.45) is 16.8 Å². The first-order chi connectivity index (χ1) is 12.7. The number of amides is 1. The van der Waals surface area contributed by atoms with Gasteiger partial charge in [0.2, 0.25) is 5.91 Å². The molecule has 156 valence electrons. The molecule has 0 aromatic heterocycles. The summed E-state index contributed by atoms with van der Waals surface area (Å²) >= 11 is 0. The van der Waals surface area contributed by atoms with Crippen molar-refractivity contribution in [3.8, 4) is 0 Å². The Morgan fingerprint density at radius 1 is 1.07 bits per heavy atom. The molecule has 1 amide bonds. The zero-order valence-corrected chi connectivity index (χ0v) is 19.3. The van der Waals surface area contributed by atoms with Crippen LogP contribution in [0.1, 0.15) is 58.3 Å².